The smallest absolute Gasteiger partial charge is 0.0615 e. The van der Waals surface area contributed by atoms with E-state index in [-0.39, 0.29) is 6.04 Å². The van der Waals surface area contributed by atoms with Gasteiger partial charge in [0.2, 0.25) is 0 Å². The second-order valence-corrected chi connectivity index (χ2v) is 3.70. The second kappa shape index (κ2) is 6.53. The van der Waals surface area contributed by atoms with Gasteiger partial charge in [-0.1, -0.05) is 13.0 Å². The lowest BCUT2D eigenvalue weighted by Crippen LogP contribution is -2.34. The van der Waals surface area contributed by atoms with Crippen molar-refractivity contribution in [1.82, 2.24) is 10.3 Å². The summed E-state index contributed by atoms with van der Waals surface area (Å²) in [6.45, 7) is 5.02. The van der Waals surface area contributed by atoms with Gasteiger partial charge in [-0.2, -0.15) is 0 Å². The average molecular weight is 208 g/mol. The van der Waals surface area contributed by atoms with Crippen molar-refractivity contribution in [2.45, 2.75) is 32.4 Å². The summed E-state index contributed by atoms with van der Waals surface area (Å²) < 4.78 is 5.15. The number of aromatic nitrogens is 1. The van der Waals surface area contributed by atoms with Gasteiger partial charge in [-0.05, 0) is 25.5 Å². The van der Waals surface area contributed by atoms with E-state index in [4.69, 9.17) is 4.74 Å². The van der Waals surface area contributed by atoms with Gasteiger partial charge in [-0.3, -0.25) is 4.98 Å². The predicted octanol–water partition coefficient (Wildman–Crippen LogP) is 2.16. The number of ether oxygens (including phenoxy) is 1. The van der Waals surface area contributed by atoms with Crippen LogP contribution in [0.25, 0.3) is 0 Å². The van der Waals surface area contributed by atoms with Gasteiger partial charge in [0, 0.05) is 25.4 Å². The number of rotatable bonds is 6. The molecule has 1 rings (SSSR count). The highest BCUT2D eigenvalue weighted by molar-refractivity contribution is 5.07. The van der Waals surface area contributed by atoms with Crippen LogP contribution in [0.15, 0.2) is 24.4 Å². The van der Waals surface area contributed by atoms with Gasteiger partial charge in [-0.25, -0.2) is 0 Å². The molecule has 0 saturated heterocycles. The third-order valence-electron chi connectivity index (χ3n) is 2.48. The zero-order valence-electron chi connectivity index (χ0n) is 9.73. The minimum atomic E-state index is 0.270. The quantitative estimate of drug-likeness (QED) is 0.778. The molecule has 0 aromatic carbocycles. The summed E-state index contributed by atoms with van der Waals surface area (Å²) in [4.78, 5) is 4.32. The van der Waals surface area contributed by atoms with Crippen molar-refractivity contribution < 1.29 is 4.74 Å². The van der Waals surface area contributed by atoms with Gasteiger partial charge in [0.05, 0.1) is 12.3 Å². The van der Waals surface area contributed by atoms with E-state index in [1.54, 1.807) is 7.11 Å². The van der Waals surface area contributed by atoms with Crippen LogP contribution in [0.4, 0.5) is 0 Å². The van der Waals surface area contributed by atoms with Crippen LogP contribution in [0.5, 0.6) is 0 Å². The molecule has 1 unspecified atom stereocenters. The van der Waals surface area contributed by atoms with Crippen molar-refractivity contribution in [3.05, 3.63) is 30.1 Å². The maximum Gasteiger partial charge on any atom is 0.0615 e. The number of hydrogen-bond acceptors (Lipinski definition) is 3. The molecule has 84 valence electrons. The SMILES string of the molecule is CCC(COC)N[C@@H](C)c1ccccn1. The summed E-state index contributed by atoms with van der Waals surface area (Å²) >= 11 is 0. The number of hydrogen-bond donors (Lipinski definition) is 1. The molecule has 1 aromatic heterocycles. The number of pyridine rings is 1. The first-order valence-corrected chi connectivity index (χ1v) is 5.43. The lowest BCUT2D eigenvalue weighted by molar-refractivity contribution is 0.159. The molecule has 1 heterocycles. The molecular weight excluding hydrogens is 188 g/mol. The maximum atomic E-state index is 5.15. The Balaban J connectivity index is 2.50. The molecule has 0 amide bonds. The third-order valence-corrected chi connectivity index (χ3v) is 2.48. The topological polar surface area (TPSA) is 34.1 Å². The lowest BCUT2D eigenvalue weighted by Gasteiger charge is -2.21. The van der Waals surface area contributed by atoms with Crippen LogP contribution in [0, 0.1) is 0 Å². The normalized spacial score (nSPS) is 14.9. The average Bonchev–Trinajstić information content (AvgIpc) is 2.29. The van der Waals surface area contributed by atoms with Crippen LogP contribution in [0.3, 0.4) is 0 Å². The Bertz CT molecular complexity index is 264. The lowest BCUT2D eigenvalue weighted by atomic mass is 10.1. The highest BCUT2D eigenvalue weighted by atomic mass is 16.5. The Morgan fingerprint density at radius 2 is 2.27 bits per heavy atom. The molecule has 0 radical (unpaired) electrons. The molecule has 0 fully saturated rings. The molecule has 3 heteroatoms. The van der Waals surface area contributed by atoms with Crippen LogP contribution >= 0.6 is 0 Å². The van der Waals surface area contributed by atoms with E-state index >= 15 is 0 Å². The summed E-state index contributed by atoms with van der Waals surface area (Å²) in [5.74, 6) is 0. The summed E-state index contributed by atoms with van der Waals surface area (Å²) in [5, 5.41) is 3.50. The van der Waals surface area contributed by atoms with Gasteiger partial charge in [0.15, 0.2) is 0 Å². The minimum absolute atomic E-state index is 0.270. The molecule has 3 nitrogen and oxygen atoms in total. The van der Waals surface area contributed by atoms with Crippen LogP contribution in [-0.2, 0) is 4.74 Å². The van der Waals surface area contributed by atoms with E-state index in [0.717, 1.165) is 18.7 Å². The van der Waals surface area contributed by atoms with Gasteiger partial charge >= 0.3 is 0 Å². The Hall–Kier alpha value is -0.930. The van der Waals surface area contributed by atoms with E-state index < -0.39 is 0 Å². The Morgan fingerprint density at radius 3 is 2.80 bits per heavy atom. The monoisotopic (exact) mass is 208 g/mol. The van der Waals surface area contributed by atoms with E-state index in [1.165, 1.54) is 0 Å². The first-order valence-electron chi connectivity index (χ1n) is 5.43. The summed E-state index contributed by atoms with van der Waals surface area (Å²) in [6.07, 6.45) is 2.88. The van der Waals surface area contributed by atoms with E-state index in [0.29, 0.717) is 6.04 Å². The van der Waals surface area contributed by atoms with E-state index in [2.05, 4.69) is 24.1 Å². The highest BCUT2D eigenvalue weighted by Gasteiger charge is 2.11. The largest absolute Gasteiger partial charge is 0.383 e. The third kappa shape index (κ3) is 3.98. The summed E-state index contributed by atoms with van der Waals surface area (Å²) in [5.41, 5.74) is 1.08. The van der Waals surface area contributed by atoms with Gasteiger partial charge in [-0.15, -0.1) is 0 Å². The first kappa shape index (κ1) is 12.1. The maximum absolute atomic E-state index is 5.15. The van der Waals surface area contributed by atoms with Crippen molar-refractivity contribution >= 4 is 0 Å². The fourth-order valence-corrected chi connectivity index (χ4v) is 1.56. The zero-order chi connectivity index (χ0) is 11.1. The standard InChI is InChI=1S/C12H20N2O/c1-4-11(9-15-3)14-10(2)12-7-5-6-8-13-12/h5-8,10-11,14H,4,9H2,1-3H3/t10-,11?/m0/s1. The molecule has 0 aliphatic heterocycles. The number of methoxy groups -OCH3 is 1. The Labute approximate surface area is 91.9 Å². The fraction of sp³-hybridized carbons (Fsp3) is 0.583. The molecule has 1 N–H and O–H groups in total. The molecule has 2 atom stereocenters. The minimum Gasteiger partial charge on any atom is -0.383 e. The molecule has 0 aliphatic rings. The number of nitrogens with one attached hydrogen (secondary N) is 1. The molecular formula is C12H20N2O. The van der Waals surface area contributed by atoms with Crippen molar-refractivity contribution in [3.63, 3.8) is 0 Å². The number of nitrogens with zero attached hydrogens (tertiary/aromatic N) is 1. The van der Waals surface area contributed by atoms with Crippen LogP contribution in [0.1, 0.15) is 32.0 Å². The van der Waals surface area contributed by atoms with E-state index in [9.17, 15) is 0 Å². The zero-order valence-corrected chi connectivity index (χ0v) is 9.73. The molecule has 0 spiro atoms. The van der Waals surface area contributed by atoms with Crippen molar-refractivity contribution in [2.24, 2.45) is 0 Å². The molecule has 0 bridgehead atoms. The highest BCUT2D eigenvalue weighted by Crippen LogP contribution is 2.09. The van der Waals surface area contributed by atoms with Crippen molar-refractivity contribution in [1.29, 1.82) is 0 Å². The molecule has 0 saturated carbocycles. The van der Waals surface area contributed by atoms with Gasteiger partial charge < -0.3 is 10.1 Å². The van der Waals surface area contributed by atoms with E-state index in [1.807, 2.05) is 24.4 Å². The Morgan fingerprint density at radius 1 is 1.47 bits per heavy atom. The van der Waals surface area contributed by atoms with Crippen LogP contribution in [0.2, 0.25) is 0 Å². The molecule has 0 aliphatic carbocycles. The van der Waals surface area contributed by atoms with Gasteiger partial charge in [0.25, 0.3) is 0 Å². The summed E-state index contributed by atoms with van der Waals surface area (Å²) in [6, 6.07) is 6.65. The van der Waals surface area contributed by atoms with Crippen molar-refractivity contribution in [3.8, 4) is 0 Å². The van der Waals surface area contributed by atoms with Crippen LogP contribution in [-0.4, -0.2) is 24.7 Å². The summed E-state index contributed by atoms with van der Waals surface area (Å²) in [7, 11) is 1.73. The predicted molar refractivity (Wildman–Crippen MR) is 61.7 cm³/mol. The fourth-order valence-electron chi connectivity index (χ4n) is 1.56. The van der Waals surface area contributed by atoms with Gasteiger partial charge in [0.1, 0.15) is 0 Å². The molecule has 1 aromatic rings. The van der Waals surface area contributed by atoms with Crippen molar-refractivity contribution in [2.75, 3.05) is 13.7 Å². The first-order chi connectivity index (χ1) is 7.27. The second-order valence-electron chi connectivity index (χ2n) is 3.70. The Kier molecular flexibility index (Phi) is 5.29. The molecule has 15 heavy (non-hydrogen) atoms. The van der Waals surface area contributed by atoms with Crippen LogP contribution < -0.4 is 5.32 Å².